The van der Waals surface area contributed by atoms with Crippen molar-refractivity contribution in [2.24, 2.45) is 0 Å². The van der Waals surface area contributed by atoms with Gasteiger partial charge in [0.2, 0.25) is 0 Å². The van der Waals surface area contributed by atoms with E-state index in [4.69, 9.17) is 4.98 Å². The highest BCUT2D eigenvalue weighted by Crippen LogP contribution is 2.21. The monoisotopic (exact) mass is 310 g/mol. The SMILES string of the molecule is CN1CCCN(c2cncc(-c3cccc(CC=O)c3)n2)CC1. The second kappa shape index (κ2) is 7.33. The van der Waals surface area contributed by atoms with Crippen LogP contribution in [0.3, 0.4) is 0 Å². The molecular formula is C18H22N4O. The first-order valence-electron chi connectivity index (χ1n) is 8.05. The zero-order chi connectivity index (χ0) is 16.1. The molecule has 1 aromatic heterocycles. The van der Waals surface area contributed by atoms with Crippen LogP contribution in [0.5, 0.6) is 0 Å². The summed E-state index contributed by atoms with van der Waals surface area (Å²) in [5.41, 5.74) is 2.86. The molecule has 0 radical (unpaired) electrons. The number of carbonyl (C=O) groups excluding carboxylic acids is 1. The van der Waals surface area contributed by atoms with Crippen LogP contribution in [-0.2, 0) is 11.2 Å². The third kappa shape index (κ3) is 3.93. The first-order valence-corrected chi connectivity index (χ1v) is 8.05. The van der Waals surface area contributed by atoms with Crippen molar-refractivity contribution in [1.82, 2.24) is 14.9 Å². The molecule has 0 bridgehead atoms. The molecule has 120 valence electrons. The molecule has 2 aromatic rings. The van der Waals surface area contributed by atoms with Crippen LogP contribution >= 0.6 is 0 Å². The number of aromatic nitrogens is 2. The molecule has 1 saturated heterocycles. The molecule has 1 aliphatic heterocycles. The summed E-state index contributed by atoms with van der Waals surface area (Å²) in [6.07, 6.45) is 6.11. The first-order chi connectivity index (χ1) is 11.3. The third-order valence-electron chi connectivity index (χ3n) is 4.21. The largest absolute Gasteiger partial charge is 0.354 e. The van der Waals surface area contributed by atoms with Crippen LogP contribution in [0, 0.1) is 0 Å². The second-order valence-corrected chi connectivity index (χ2v) is 5.98. The lowest BCUT2D eigenvalue weighted by Gasteiger charge is -2.21. The fraction of sp³-hybridized carbons (Fsp3) is 0.389. The van der Waals surface area contributed by atoms with Gasteiger partial charge in [0.1, 0.15) is 12.1 Å². The Morgan fingerprint density at radius 2 is 2.09 bits per heavy atom. The highest BCUT2D eigenvalue weighted by atomic mass is 16.1. The molecule has 3 rings (SSSR count). The summed E-state index contributed by atoms with van der Waals surface area (Å²) < 4.78 is 0. The molecule has 0 amide bonds. The Bertz CT molecular complexity index is 674. The maximum absolute atomic E-state index is 10.7. The van der Waals surface area contributed by atoms with E-state index in [2.05, 4.69) is 21.8 Å². The highest BCUT2D eigenvalue weighted by molar-refractivity contribution is 5.63. The number of rotatable bonds is 4. The van der Waals surface area contributed by atoms with E-state index < -0.39 is 0 Å². The molecule has 0 atom stereocenters. The normalized spacial score (nSPS) is 16.1. The Morgan fingerprint density at radius 3 is 2.96 bits per heavy atom. The molecule has 0 N–H and O–H groups in total. The molecule has 1 aromatic carbocycles. The number of hydrogen-bond acceptors (Lipinski definition) is 5. The Morgan fingerprint density at radius 1 is 1.17 bits per heavy atom. The summed E-state index contributed by atoms with van der Waals surface area (Å²) in [6, 6.07) is 7.94. The predicted octanol–water partition coefficient (Wildman–Crippen LogP) is 2.03. The van der Waals surface area contributed by atoms with E-state index in [9.17, 15) is 4.79 Å². The summed E-state index contributed by atoms with van der Waals surface area (Å²) >= 11 is 0. The lowest BCUT2D eigenvalue weighted by atomic mass is 10.1. The number of carbonyl (C=O) groups is 1. The lowest BCUT2D eigenvalue weighted by molar-refractivity contribution is -0.107. The Balaban J connectivity index is 1.84. The molecular weight excluding hydrogens is 288 g/mol. The number of aldehydes is 1. The van der Waals surface area contributed by atoms with Crippen molar-refractivity contribution in [1.29, 1.82) is 0 Å². The minimum Gasteiger partial charge on any atom is -0.354 e. The van der Waals surface area contributed by atoms with Crippen molar-refractivity contribution >= 4 is 12.1 Å². The minimum atomic E-state index is 0.430. The van der Waals surface area contributed by atoms with Crippen LogP contribution in [0.4, 0.5) is 5.82 Å². The number of anilines is 1. The van der Waals surface area contributed by atoms with Crippen LogP contribution in [0.25, 0.3) is 11.3 Å². The minimum absolute atomic E-state index is 0.430. The van der Waals surface area contributed by atoms with E-state index in [1.165, 1.54) is 0 Å². The van der Waals surface area contributed by atoms with Crippen molar-refractivity contribution in [2.45, 2.75) is 12.8 Å². The van der Waals surface area contributed by atoms with E-state index in [1.54, 1.807) is 6.20 Å². The van der Waals surface area contributed by atoms with Gasteiger partial charge in [0, 0.05) is 31.6 Å². The van der Waals surface area contributed by atoms with Gasteiger partial charge < -0.3 is 14.6 Å². The average Bonchev–Trinajstić information content (AvgIpc) is 2.80. The van der Waals surface area contributed by atoms with Crippen LogP contribution in [0.1, 0.15) is 12.0 Å². The third-order valence-corrected chi connectivity index (χ3v) is 4.21. The van der Waals surface area contributed by atoms with Gasteiger partial charge in [-0.25, -0.2) is 4.98 Å². The summed E-state index contributed by atoms with van der Waals surface area (Å²) in [4.78, 5) is 24.5. The topological polar surface area (TPSA) is 49.3 Å². The molecule has 5 nitrogen and oxygen atoms in total. The van der Waals surface area contributed by atoms with Gasteiger partial charge in [0.15, 0.2) is 0 Å². The Hall–Kier alpha value is -2.27. The molecule has 0 spiro atoms. The van der Waals surface area contributed by atoms with Gasteiger partial charge in [-0.2, -0.15) is 0 Å². The fourth-order valence-electron chi connectivity index (χ4n) is 2.88. The van der Waals surface area contributed by atoms with Gasteiger partial charge >= 0.3 is 0 Å². The fourth-order valence-corrected chi connectivity index (χ4v) is 2.88. The van der Waals surface area contributed by atoms with Gasteiger partial charge in [0.05, 0.1) is 18.1 Å². The average molecular weight is 310 g/mol. The smallest absolute Gasteiger partial charge is 0.147 e. The van der Waals surface area contributed by atoms with Crippen molar-refractivity contribution in [3.8, 4) is 11.3 Å². The second-order valence-electron chi connectivity index (χ2n) is 5.98. The standard InChI is InChI=1S/C18H22N4O/c1-21-7-3-8-22(10-9-21)18-14-19-13-17(20-18)16-5-2-4-15(12-16)6-11-23/h2,4-5,11-14H,3,6-10H2,1H3. The van der Waals surface area contributed by atoms with Crippen LogP contribution in [0.2, 0.25) is 0 Å². The van der Waals surface area contributed by atoms with Crippen LogP contribution < -0.4 is 4.90 Å². The zero-order valence-corrected chi connectivity index (χ0v) is 13.5. The molecule has 1 aliphatic rings. The van der Waals surface area contributed by atoms with E-state index in [0.29, 0.717) is 6.42 Å². The van der Waals surface area contributed by atoms with Gasteiger partial charge in [-0.1, -0.05) is 18.2 Å². The van der Waals surface area contributed by atoms with Crippen molar-refractivity contribution < 1.29 is 4.79 Å². The summed E-state index contributed by atoms with van der Waals surface area (Å²) in [5, 5.41) is 0. The molecule has 0 saturated carbocycles. The van der Waals surface area contributed by atoms with E-state index in [-0.39, 0.29) is 0 Å². The quantitative estimate of drug-likeness (QED) is 0.809. The summed E-state index contributed by atoms with van der Waals surface area (Å²) in [7, 11) is 2.16. The molecule has 0 unspecified atom stereocenters. The van der Waals surface area contributed by atoms with Crippen molar-refractivity contribution in [3.05, 3.63) is 42.2 Å². The van der Waals surface area contributed by atoms with Gasteiger partial charge in [-0.05, 0) is 31.6 Å². The number of benzene rings is 1. The number of nitrogens with zero attached hydrogens (tertiary/aromatic N) is 4. The van der Waals surface area contributed by atoms with Crippen LogP contribution in [-0.4, -0.2) is 54.4 Å². The Kier molecular flexibility index (Phi) is 4.98. The molecule has 2 heterocycles. The van der Waals surface area contributed by atoms with E-state index >= 15 is 0 Å². The maximum Gasteiger partial charge on any atom is 0.147 e. The molecule has 0 aliphatic carbocycles. The van der Waals surface area contributed by atoms with E-state index in [0.717, 1.165) is 61.5 Å². The van der Waals surface area contributed by atoms with Crippen molar-refractivity contribution in [3.63, 3.8) is 0 Å². The highest BCUT2D eigenvalue weighted by Gasteiger charge is 2.14. The first kappa shape index (κ1) is 15.6. The summed E-state index contributed by atoms with van der Waals surface area (Å²) in [6.45, 7) is 4.14. The zero-order valence-electron chi connectivity index (χ0n) is 13.5. The van der Waals surface area contributed by atoms with Crippen molar-refractivity contribution in [2.75, 3.05) is 38.1 Å². The van der Waals surface area contributed by atoms with E-state index in [1.807, 2.05) is 30.5 Å². The lowest BCUT2D eigenvalue weighted by Crippen LogP contribution is -2.29. The van der Waals surface area contributed by atoms with Gasteiger partial charge in [-0.15, -0.1) is 0 Å². The number of hydrogen-bond donors (Lipinski definition) is 0. The maximum atomic E-state index is 10.7. The van der Waals surface area contributed by atoms with Gasteiger partial charge in [0.25, 0.3) is 0 Å². The predicted molar refractivity (Wildman–Crippen MR) is 91.6 cm³/mol. The summed E-state index contributed by atoms with van der Waals surface area (Å²) in [5.74, 6) is 0.929. The van der Waals surface area contributed by atoms with Crippen LogP contribution in [0.15, 0.2) is 36.7 Å². The molecule has 5 heteroatoms. The number of likely N-dealkylation sites (N-methyl/N-ethyl adjacent to an activating group) is 1. The molecule has 23 heavy (non-hydrogen) atoms. The molecule has 1 fully saturated rings. The van der Waals surface area contributed by atoms with Gasteiger partial charge in [-0.3, -0.25) is 4.98 Å². The Labute approximate surface area is 137 Å².